The molecule has 1 aliphatic heterocycles. The molecule has 0 bridgehead atoms. The van der Waals surface area contributed by atoms with Crippen LogP contribution in [0.4, 0.5) is 30.6 Å². The van der Waals surface area contributed by atoms with Crippen LogP contribution in [0, 0.1) is 6.92 Å². The zero-order chi connectivity index (χ0) is 27.2. The lowest BCUT2D eigenvalue weighted by atomic mass is 10.0. The number of methoxy groups -OCH3 is 1. The van der Waals surface area contributed by atoms with Crippen molar-refractivity contribution in [3.8, 4) is 0 Å². The van der Waals surface area contributed by atoms with Crippen molar-refractivity contribution in [2.45, 2.75) is 63.5 Å². The molecule has 4 atom stereocenters. The number of halogens is 3. The molecule has 13 heteroatoms. The van der Waals surface area contributed by atoms with Gasteiger partial charge in [0.05, 0.1) is 24.0 Å². The van der Waals surface area contributed by atoms with E-state index in [4.69, 9.17) is 4.74 Å². The van der Waals surface area contributed by atoms with Gasteiger partial charge in [-0.2, -0.15) is 23.3 Å². The van der Waals surface area contributed by atoms with E-state index in [1.54, 1.807) is 13.3 Å². The Labute approximate surface area is 217 Å². The van der Waals surface area contributed by atoms with Gasteiger partial charge in [-0.15, -0.1) is 0 Å². The lowest BCUT2D eigenvalue weighted by Gasteiger charge is -2.38. The maximum atomic E-state index is 12.8. The molecule has 2 unspecified atom stereocenters. The van der Waals surface area contributed by atoms with Gasteiger partial charge in [0.2, 0.25) is 11.9 Å². The Morgan fingerprint density at radius 1 is 1.26 bits per heavy atom. The summed E-state index contributed by atoms with van der Waals surface area (Å²) in [6.07, 6.45) is 1.68. The highest BCUT2D eigenvalue weighted by Crippen LogP contribution is 2.51. The van der Waals surface area contributed by atoms with Gasteiger partial charge in [0.1, 0.15) is 17.4 Å². The third kappa shape index (κ3) is 4.89. The number of anilines is 3. The lowest BCUT2D eigenvalue weighted by Crippen LogP contribution is -2.53. The third-order valence-corrected chi connectivity index (χ3v) is 7.10. The molecule has 10 nitrogen and oxygen atoms in total. The predicted molar refractivity (Wildman–Crippen MR) is 134 cm³/mol. The fourth-order valence-electron chi connectivity index (χ4n) is 4.94. The zero-order valence-electron chi connectivity index (χ0n) is 21.5. The Morgan fingerprint density at radius 3 is 2.71 bits per heavy atom. The molecular formula is C25H29F3N8O2. The standard InChI is InChI=1S/C25H29F3N8O2/c1-5-18(38-4)21-23(37)33-20-13(2)32-24(34-22(20)35(21)3)30-9-14-10-31-36(12-14)17-8-16(17)15-6-7-19(29-11-15)25(26,27)28/h6-7,10-12,16-18,21H,5,8-9H2,1-4H3,(H,33,37)(H,30,32,34)/t16-,17+,18?,21?/m1/s1. The summed E-state index contributed by atoms with van der Waals surface area (Å²) in [5, 5.41) is 10.6. The summed E-state index contributed by atoms with van der Waals surface area (Å²) in [6, 6.07) is 2.07. The van der Waals surface area contributed by atoms with E-state index in [9.17, 15) is 18.0 Å². The Bertz CT molecular complexity index is 1320. The van der Waals surface area contributed by atoms with Crippen LogP contribution in [0.3, 0.4) is 0 Å². The van der Waals surface area contributed by atoms with Crippen molar-refractivity contribution in [3.63, 3.8) is 0 Å². The minimum absolute atomic E-state index is 0.0750. The predicted octanol–water partition coefficient (Wildman–Crippen LogP) is 3.92. The minimum atomic E-state index is -4.45. The van der Waals surface area contributed by atoms with Crippen LogP contribution >= 0.6 is 0 Å². The molecule has 2 aliphatic rings. The van der Waals surface area contributed by atoms with Crippen molar-refractivity contribution >= 4 is 23.4 Å². The average Bonchev–Trinajstić information content (AvgIpc) is 3.55. The number of fused-ring (bicyclic) bond motifs is 1. The second kappa shape index (κ2) is 9.86. The van der Waals surface area contributed by atoms with Crippen LogP contribution in [0.1, 0.15) is 54.2 Å². The summed E-state index contributed by atoms with van der Waals surface area (Å²) in [5.74, 6) is 0.956. The zero-order valence-corrected chi connectivity index (χ0v) is 21.5. The number of amides is 1. The molecule has 1 aliphatic carbocycles. The highest BCUT2D eigenvalue weighted by molar-refractivity contribution is 6.03. The molecule has 2 N–H and O–H groups in total. The van der Waals surface area contributed by atoms with E-state index in [2.05, 4.69) is 30.7 Å². The van der Waals surface area contributed by atoms with Crippen molar-refractivity contribution in [2.24, 2.45) is 0 Å². The minimum Gasteiger partial charge on any atom is -0.379 e. The Kier molecular flexibility index (Phi) is 6.72. The number of hydrogen-bond acceptors (Lipinski definition) is 8. The Balaban J connectivity index is 1.24. The fourth-order valence-corrected chi connectivity index (χ4v) is 4.94. The van der Waals surface area contributed by atoms with Crippen LogP contribution in [0.25, 0.3) is 0 Å². The molecule has 0 saturated heterocycles. The molecule has 0 spiro atoms. The van der Waals surface area contributed by atoms with Crippen molar-refractivity contribution in [1.29, 1.82) is 0 Å². The van der Waals surface area contributed by atoms with E-state index < -0.39 is 17.9 Å². The second-order valence-corrected chi connectivity index (χ2v) is 9.62. The number of ether oxygens (including phenoxy) is 1. The van der Waals surface area contributed by atoms with Crippen LogP contribution < -0.4 is 15.5 Å². The molecular weight excluding hydrogens is 501 g/mol. The molecule has 4 heterocycles. The maximum Gasteiger partial charge on any atom is 0.433 e. The first-order valence-electron chi connectivity index (χ1n) is 12.4. The molecule has 3 aromatic heterocycles. The van der Waals surface area contributed by atoms with E-state index >= 15 is 0 Å². The number of pyridine rings is 1. The van der Waals surface area contributed by atoms with Gasteiger partial charge >= 0.3 is 6.18 Å². The van der Waals surface area contributed by atoms with Crippen LogP contribution in [-0.4, -0.2) is 56.9 Å². The summed E-state index contributed by atoms with van der Waals surface area (Å²) in [6.45, 7) is 4.20. The summed E-state index contributed by atoms with van der Waals surface area (Å²) >= 11 is 0. The molecule has 1 fully saturated rings. The first kappa shape index (κ1) is 25.9. The molecule has 5 rings (SSSR count). The molecule has 0 aromatic carbocycles. The van der Waals surface area contributed by atoms with E-state index in [0.29, 0.717) is 36.1 Å². The second-order valence-electron chi connectivity index (χ2n) is 9.62. The van der Waals surface area contributed by atoms with Crippen molar-refractivity contribution in [2.75, 3.05) is 29.7 Å². The largest absolute Gasteiger partial charge is 0.433 e. The highest BCUT2D eigenvalue weighted by atomic mass is 19.4. The summed E-state index contributed by atoms with van der Waals surface area (Å²) < 4.78 is 45.7. The van der Waals surface area contributed by atoms with Gasteiger partial charge in [-0.25, -0.2) is 4.98 Å². The molecule has 1 amide bonds. The molecule has 38 heavy (non-hydrogen) atoms. The number of nitrogens with zero attached hydrogens (tertiary/aromatic N) is 6. The highest BCUT2D eigenvalue weighted by Gasteiger charge is 2.42. The number of carbonyl (C=O) groups is 1. The SMILES string of the molecule is CCC(OC)C1C(=O)Nc2c(C)nc(NCc3cnn([C@H]4C[C@@H]4c4ccc(C(F)(F)F)nc4)c3)nc2N1C. The van der Waals surface area contributed by atoms with E-state index in [-0.39, 0.29) is 24.0 Å². The van der Waals surface area contributed by atoms with Crippen LogP contribution in [-0.2, 0) is 22.3 Å². The Morgan fingerprint density at radius 2 is 2.05 bits per heavy atom. The van der Waals surface area contributed by atoms with Gasteiger partial charge in [0, 0.05) is 44.6 Å². The summed E-state index contributed by atoms with van der Waals surface area (Å²) in [4.78, 5) is 27.3. The normalized spacial score (nSPS) is 21.6. The van der Waals surface area contributed by atoms with Crippen molar-refractivity contribution < 1.29 is 22.7 Å². The molecule has 0 radical (unpaired) electrons. The summed E-state index contributed by atoms with van der Waals surface area (Å²) in [5.41, 5.74) is 2.01. The van der Waals surface area contributed by atoms with Gasteiger partial charge in [-0.3, -0.25) is 14.5 Å². The van der Waals surface area contributed by atoms with Gasteiger partial charge in [0.25, 0.3) is 0 Å². The number of rotatable bonds is 8. The van der Waals surface area contributed by atoms with E-state index in [0.717, 1.165) is 23.6 Å². The lowest BCUT2D eigenvalue weighted by molar-refractivity contribution is -0.141. The topological polar surface area (TPSA) is 110 Å². The smallest absolute Gasteiger partial charge is 0.379 e. The first-order chi connectivity index (χ1) is 18.1. The third-order valence-electron chi connectivity index (χ3n) is 7.10. The maximum absolute atomic E-state index is 12.8. The Hall–Kier alpha value is -3.74. The fraction of sp³-hybridized carbons (Fsp3) is 0.480. The first-order valence-corrected chi connectivity index (χ1v) is 12.4. The number of alkyl halides is 3. The molecule has 202 valence electrons. The average molecular weight is 531 g/mol. The summed E-state index contributed by atoms with van der Waals surface area (Å²) in [7, 11) is 3.41. The quantitative estimate of drug-likeness (QED) is 0.451. The monoisotopic (exact) mass is 530 g/mol. The molecule has 1 saturated carbocycles. The van der Waals surface area contributed by atoms with E-state index in [1.165, 1.54) is 12.3 Å². The van der Waals surface area contributed by atoms with Gasteiger partial charge in [-0.05, 0) is 31.4 Å². The number of hydrogen-bond donors (Lipinski definition) is 2. The number of aryl methyl sites for hydroxylation is 1. The molecule has 3 aromatic rings. The van der Waals surface area contributed by atoms with Crippen molar-refractivity contribution in [3.05, 3.63) is 53.2 Å². The number of aromatic nitrogens is 5. The number of nitrogens with one attached hydrogen (secondary N) is 2. The number of likely N-dealkylation sites (N-methyl/N-ethyl adjacent to an activating group) is 1. The van der Waals surface area contributed by atoms with Gasteiger partial charge < -0.3 is 20.3 Å². The van der Waals surface area contributed by atoms with E-state index in [1.807, 2.05) is 36.7 Å². The van der Waals surface area contributed by atoms with Crippen LogP contribution in [0.2, 0.25) is 0 Å². The number of carbonyl (C=O) groups excluding carboxylic acids is 1. The van der Waals surface area contributed by atoms with Crippen LogP contribution in [0.5, 0.6) is 0 Å². The van der Waals surface area contributed by atoms with Gasteiger partial charge in [0.15, 0.2) is 5.82 Å². The van der Waals surface area contributed by atoms with Crippen LogP contribution in [0.15, 0.2) is 30.7 Å². The van der Waals surface area contributed by atoms with Crippen molar-refractivity contribution in [1.82, 2.24) is 24.7 Å². The van der Waals surface area contributed by atoms with Gasteiger partial charge in [-0.1, -0.05) is 13.0 Å².